The van der Waals surface area contributed by atoms with Gasteiger partial charge in [-0.25, -0.2) is 4.79 Å². The van der Waals surface area contributed by atoms with E-state index in [9.17, 15) is 19.5 Å². The van der Waals surface area contributed by atoms with Gasteiger partial charge in [-0.2, -0.15) is 0 Å². The van der Waals surface area contributed by atoms with E-state index in [0.29, 0.717) is 23.4 Å². The molecule has 7 heteroatoms. The summed E-state index contributed by atoms with van der Waals surface area (Å²) in [5, 5.41) is 12.2. The number of urea groups is 1. The van der Waals surface area contributed by atoms with Crippen LogP contribution in [0.1, 0.15) is 58.4 Å². The first-order chi connectivity index (χ1) is 15.1. The molecule has 0 aromatic heterocycles. The maximum Gasteiger partial charge on any atom is 0.322 e. The molecular weight excluding hydrogens is 394 g/mol. The summed E-state index contributed by atoms with van der Waals surface area (Å²) in [7, 11) is 0. The first-order valence-corrected chi connectivity index (χ1v) is 10.8. The molecule has 0 saturated heterocycles. The smallest absolute Gasteiger partial charge is 0.322 e. The van der Waals surface area contributed by atoms with Crippen LogP contribution in [0, 0.1) is 0 Å². The highest BCUT2D eigenvalue weighted by atomic mass is 16.3. The molecule has 2 aromatic carbocycles. The number of nitrogens with one attached hydrogen (secondary N) is 1. The minimum atomic E-state index is -0.376. The molecule has 1 aliphatic carbocycles. The van der Waals surface area contributed by atoms with E-state index in [0.717, 1.165) is 37.7 Å². The van der Waals surface area contributed by atoms with Crippen LogP contribution >= 0.6 is 0 Å². The highest BCUT2D eigenvalue weighted by Crippen LogP contribution is 2.32. The molecule has 1 saturated carbocycles. The monoisotopic (exact) mass is 421 g/mol. The topological polar surface area (TPSA) is 90.0 Å². The van der Waals surface area contributed by atoms with Crippen molar-refractivity contribution in [1.29, 1.82) is 0 Å². The summed E-state index contributed by atoms with van der Waals surface area (Å²) in [6.07, 6.45) is 4.90. The third kappa shape index (κ3) is 4.46. The third-order valence-electron chi connectivity index (χ3n) is 5.98. The zero-order valence-electron chi connectivity index (χ0n) is 17.4. The summed E-state index contributed by atoms with van der Waals surface area (Å²) in [4.78, 5) is 41.5. The second-order valence-electron chi connectivity index (χ2n) is 8.09. The molecule has 1 aliphatic heterocycles. The van der Waals surface area contributed by atoms with Crippen molar-refractivity contribution >= 4 is 23.5 Å². The summed E-state index contributed by atoms with van der Waals surface area (Å²) in [5.74, 6) is -0.518. The summed E-state index contributed by atoms with van der Waals surface area (Å²) in [5.41, 5.74) is 2.13. The fourth-order valence-corrected chi connectivity index (χ4v) is 4.39. The van der Waals surface area contributed by atoms with E-state index in [1.54, 1.807) is 18.2 Å². The molecule has 2 aliphatic rings. The van der Waals surface area contributed by atoms with E-state index in [2.05, 4.69) is 5.32 Å². The van der Waals surface area contributed by atoms with Crippen molar-refractivity contribution in [3.8, 4) is 0 Å². The SMILES string of the molecule is O=C(Nc1ccc2c(c1)C(=O)N(C1CCCCC1)C2=O)N(CCO)Cc1ccccc1. The number of benzene rings is 2. The number of anilines is 1. The Balaban J connectivity index is 1.49. The lowest BCUT2D eigenvalue weighted by Gasteiger charge is -2.29. The van der Waals surface area contributed by atoms with E-state index in [4.69, 9.17) is 0 Å². The Labute approximate surface area is 181 Å². The minimum absolute atomic E-state index is 0.0369. The van der Waals surface area contributed by atoms with Crippen LogP contribution in [0.25, 0.3) is 0 Å². The Hall–Kier alpha value is -3.19. The number of carbonyl (C=O) groups is 3. The van der Waals surface area contributed by atoms with Gasteiger partial charge in [0.1, 0.15) is 0 Å². The predicted octanol–water partition coefficient (Wildman–Crippen LogP) is 3.64. The molecule has 4 amide bonds. The van der Waals surface area contributed by atoms with Gasteiger partial charge >= 0.3 is 6.03 Å². The molecule has 162 valence electrons. The molecule has 1 heterocycles. The molecule has 4 rings (SSSR count). The van der Waals surface area contributed by atoms with Crippen molar-refractivity contribution in [3.05, 3.63) is 65.2 Å². The molecule has 31 heavy (non-hydrogen) atoms. The third-order valence-corrected chi connectivity index (χ3v) is 5.98. The minimum Gasteiger partial charge on any atom is -0.395 e. The van der Waals surface area contributed by atoms with Crippen LogP contribution in [0.3, 0.4) is 0 Å². The Kier molecular flexibility index (Phi) is 6.32. The standard InChI is InChI=1S/C24H27N3O4/c28-14-13-26(16-17-7-3-1-4-8-17)24(31)25-18-11-12-20-21(15-18)23(30)27(22(20)29)19-9-5-2-6-10-19/h1,3-4,7-8,11-12,15,19,28H,2,5-6,9-10,13-14,16H2,(H,25,31). The van der Waals surface area contributed by atoms with Crippen molar-refractivity contribution in [1.82, 2.24) is 9.80 Å². The molecule has 0 unspecified atom stereocenters. The highest BCUT2D eigenvalue weighted by Gasteiger charge is 2.40. The Morgan fingerprint density at radius 1 is 1.00 bits per heavy atom. The highest BCUT2D eigenvalue weighted by molar-refractivity contribution is 6.22. The molecule has 2 N–H and O–H groups in total. The van der Waals surface area contributed by atoms with E-state index >= 15 is 0 Å². The molecule has 0 atom stereocenters. The van der Waals surface area contributed by atoms with Gasteiger partial charge in [0.15, 0.2) is 0 Å². The fourth-order valence-electron chi connectivity index (χ4n) is 4.39. The Morgan fingerprint density at radius 2 is 1.71 bits per heavy atom. The van der Waals surface area contributed by atoms with E-state index in [1.165, 1.54) is 9.80 Å². The van der Waals surface area contributed by atoms with Crippen LogP contribution in [-0.2, 0) is 6.54 Å². The number of rotatable bonds is 6. The number of fused-ring (bicyclic) bond motifs is 1. The van der Waals surface area contributed by atoms with Gasteiger partial charge < -0.3 is 15.3 Å². The van der Waals surface area contributed by atoms with Crippen molar-refractivity contribution in [2.75, 3.05) is 18.5 Å². The molecular formula is C24H27N3O4. The number of hydrogen-bond donors (Lipinski definition) is 2. The number of nitrogens with zero attached hydrogens (tertiary/aromatic N) is 2. The van der Waals surface area contributed by atoms with Crippen LogP contribution in [0.5, 0.6) is 0 Å². The quantitative estimate of drug-likeness (QED) is 0.697. The van der Waals surface area contributed by atoms with Gasteiger partial charge in [0.05, 0.1) is 17.7 Å². The number of carbonyl (C=O) groups excluding carboxylic acids is 3. The number of aliphatic hydroxyl groups excluding tert-OH is 1. The summed E-state index contributed by atoms with van der Waals surface area (Å²) in [6.45, 7) is 0.372. The van der Waals surface area contributed by atoms with Gasteiger partial charge in [-0.3, -0.25) is 14.5 Å². The average molecular weight is 421 g/mol. The van der Waals surface area contributed by atoms with Gasteiger partial charge in [0.2, 0.25) is 0 Å². The number of hydrogen-bond acceptors (Lipinski definition) is 4. The van der Waals surface area contributed by atoms with E-state index < -0.39 is 0 Å². The van der Waals surface area contributed by atoms with Crippen LogP contribution in [0.4, 0.5) is 10.5 Å². The molecule has 0 spiro atoms. The first-order valence-electron chi connectivity index (χ1n) is 10.8. The van der Waals surface area contributed by atoms with Gasteiger partial charge in [-0.15, -0.1) is 0 Å². The normalized spacial score (nSPS) is 16.4. The van der Waals surface area contributed by atoms with Crippen molar-refractivity contribution in [3.63, 3.8) is 0 Å². The zero-order valence-corrected chi connectivity index (χ0v) is 17.4. The second-order valence-corrected chi connectivity index (χ2v) is 8.09. The number of amides is 4. The van der Waals surface area contributed by atoms with Crippen LogP contribution in [0.15, 0.2) is 48.5 Å². The summed E-state index contributed by atoms with van der Waals surface area (Å²) >= 11 is 0. The first kappa shape index (κ1) is 21.1. The van der Waals surface area contributed by atoms with Crippen LogP contribution in [0.2, 0.25) is 0 Å². The predicted molar refractivity (Wildman–Crippen MR) is 117 cm³/mol. The Bertz CT molecular complexity index is 970. The van der Waals surface area contributed by atoms with Gasteiger partial charge in [-0.1, -0.05) is 49.6 Å². The van der Waals surface area contributed by atoms with E-state index in [1.807, 2.05) is 30.3 Å². The summed E-state index contributed by atoms with van der Waals surface area (Å²) in [6, 6.07) is 13.9. The molecule has 0 bridgehead atoms. The molecule has 1 fully saturated rings. The van der Waals surface area contributed by atoms with E-state index in [-0.39, 0.29) is 37.0 Å². The summed E-state index contributed by atoms with van der Waals surface area (Å²) < 4.78 is 0. The average Bonchev–Trinajstić information content (AvgIpc) is 3.04. The fraction of sp³-hybridized carbons (Fsp3) is 0.375. The maximum atomic E-state index is 13.0. The lowest BCUT2D eigenvalue weighted by atomic mass is 9.94. The van der Waals surface area contributed by atoms with Crippen molar-refractivity contribution in [2.24, 2.45) is 0 Å². The van der Waals surface area contributed by atoms with Crippen molar-refractivity contribution < 1.29 is 19.5 Å². The zero-order chi connectivity index (χ0) is 21.8. The van der Waals surface area contributed by atoms with Crippen molar-refractivity contribution in [2.45, 2.75) is 44.7 Å². The van der Waals surface area contributed by atoms with Gasteiger partial charge in [0.25, 0.3) is 11.8 Å². The molecule has 0 radical (unpaired) electrons. The molecule has 7 nitrogen and oxygen atoms in total. The lowest BCUT2D eigenvalue weighted by molar-refractivity contribution is 0.0549. The van der Waals surface area contributed by atoms with Crippen LogP contribution < -0.4 is 5.32 Å². The number of imide groups is 1. The second kappa shape index (κ2) is 9.31. The lowest BCUT2D eigenvalue weighted by Crippen LogP contribution is -2.40. The van der Waals surface area contributed by atoms with Crippen LogP contribution in [-0.4, -0.2) is 51.9 Å². The van der Waals surface area contributed by atoms with Gasteiger partial charge in [0, 0.05) is 24.8 Å². The number of aliphatic hydroxyl groups is 1. The largest absolute Gasteiger partial charge is 0.395 e. The maximum absolute atomic E-state index is 13.0. The van der Waals surface area contributed by atoms with Gasteiger partial charge in [-0.05, 0) is 36.6 Å². The Morgan fingerprint density at radius 3 is 2.42 bits per heavy atom. The molecule has 2 aromatic rings.